The van der Waals surface area contributed by atoms with Gasteiger partial charge in [0.1, 0.15) is 11.9 Å². The minimum Gasteiger partial charge on any atom is -0.466 e. The lowest BCUT2D eigenvalue weighted by atomic mass is 9.90. The standard InChI is InChI=1S/C38H49FN4O4/c1-8-47-33(44)20-31(30-19-28(17-26(6)35(30)39)34-24(4)10-9-11-25(34)5)40-36(45)32(16-23(2)3)43-37(46)27(7)18-29(41-43)12-15-42-21-38(22-42)13-14-38/h9-11,17-19,23,31-32H,8,12-16,20-22H2,1-7H3,(H,40,45)/t31-,32-/m0/s1. The van der Waals surface area contributed by atoms with E-state index in [0.717, 1.165) is 47.6 Å². The van der Waals surface area contributed by atoms with Crippen LogP contribution in [-0.4, -0.2) is 52.8 Å². The molecule has 0 unspecified atom stereocenters. The van der Waals surface area contributed by atoms with Crippen molar-refractivity contribution in [1.82, 2.24) is 20.0 Å². The van der Waals surface area contributed by atoms with E-state index in [-0.39, 0.29) is 30.1 Å². The molecular formula is C38H49FN4O4. The van der Waals surface area contributed by atoms with Crippen LogP contribution in [0, 0.1) is 44.8 Å². The van der Waals surface area contributed by atoms with E-state index in [0.29, 0.717) is 29.4 Å². The first-order chi connectivity index (χ1) is 22.3. The van der Waals surface area contributed by atoms with Gasteiger partial charge < -0.3 is 15.0 Å². The second kappa shape index (κ2) is 14.1. The van der Waals surface area contributed by atoms with Crippen LogP contribution < -0.4 is 10.9 Å². The van der Waals surface area contributed by atoms with Gasteiger partial charge in [-0.25, -0.2) is 9.07 Å². The summed E-state index contributed by atoms with van der Waals surface area (Å²) in [6, 6.07) is 9.33. The Morgan fingerprint density at radius 3 is 2.32 bits per heavy atom. The molecule has 2 heterocycles. The molecule has 0 bridgehead atoms. The number of rotatable bonds is 13. The third kappa shape index (κ3) is 7.83. The Kier molecular flexibility index (Phi) is 10.3. The third-order valence-electron chi connectivity index (χ3n) is 9.64. The van der Waals surface area contributed by atoms with Gasteiger partial charge in [-0.15, -0.1) is 0 Å². The molecule has 47 heavy (non-hydrogen) atoms. The number of nitrogens with zero attached hydrogens (tertiary/aromatic N) is 3. The van der Waals surface area contributed by atoms with Crippen molar-refractivity contribution < 1.29 is 18.7 Å². The normalized spacial score (nSPS) is 16.5. The van der Waals surface area contributed by atoms with Crippen molar-refractivity contribution in [2.24, 2.45) is 11.3 Å². The Morgan fingerprint density at radius 2 is 1.70 bits per heavy atom. The number of halogens is 1. The first-order valence-corrected chi connectivity index (χ1v) is 16.9. The Balaban J connectivity index is 1.48. The number of hydrogen-bond acceptors (Lipinski definition) is 6. The van der Waals surface area contributed by atoms with Gasteiger partial charge in [0.2, 0.25) is 5.91 Å². The number of carbonyl (C=O) groups is 2. The molecule has 2 fully saturated rings. The van der Waals surface area contributed by atoms with Crippen molar-refractivity contribution in [3.05, 3.63) is 86.1 Å². The predicted octanol–water partition coefficient (Wildman–Crippen LogP) is 6.32. The van der Waals surface area contributed by atoms with E-state index in [1.54, 1.807) is 32.9 Å². The zero-order valence-electron chi connectivity index (χ0n) is 28.9. The predicted molar refractivity (Wildman–Crippen MR) is 182 cm³/mol. The number of ether oxygens (including phenoxy) is 1. The van der Waals surface area contributed by atoms with Gasteiger partial charge in [-0.1, -0.05) is 32.0 Å². The smallest absolute Gasteiger partial charge is 0.308 e. The van der Waals surface area contributed by atoms with Crippen LogP contribution in [0.25, 0.3) is 11.1 Å². The SMILES string of the molecule is CCOC(=O)C[C@H](NC(=O)[C@H](CC(C)C)n1nc(CCN2CC3(CC3)C2)cc(C)c1=O)c1cc(-c2c(C)cccc2C)cc(C)c1F. The number of likely N-dealkylation sites (tertiary alicyclic amines) is 1. The lowest BCUT2D eigenvalue weighted by Gasteiger charge is -2.40. The van der Waals surface area contributed by atoms with Gasteiger partial charge in [-0.2, -0.15) is 5.10 Å². The van der Waals surface area contributed by atoms with E-state index in [2.05, 4.69) is 10.2 Å². The average Bonchev–Trinajstić information content (AvgIpc) is 3.78. The molecule has 1 aromatic heterocycles. The largest absolute Gasteiger partial charge is 0.466 e. The second-order valence-corrected chi connectivity index (χ2v) is 14.2. The quantitative estimate of drug-likeness (QED) is 0.219. The molecule has 1 aliphatic carbocycles. The molecule has 2 aromatic carbocycles. The van der Waals surface area contributed by atoms with E-state index >= 15 is 4.39 Å². The van der Waals surface area contributed by atoms with E-state index in [1.807, 2.05) is 52.0 Å². The lowest BCUT2D eigenvalue weighted by molar-refractivity contribution is -0.144. The highest BCUT2D eigenvalue weighted by Gasteiger charge is 2.51. The zero-order chi connectivity index (χ0) is 34.0. The summed E-state index contributed by atoms with van der Waals surface area (Å²) in [6.07, 6.45) is 3.38. The van der Waals surface area contributed by atoms with Crippen LogP contribution >= 0.6 is 0 Å². The summed E-state index contributed by atoms with van der Waals surface area (Å²) >= 11 is 0. The van der Waals surface area contributed by atoms with Gasteiger partial charge >= 0.3 is 5.97 Å². The van der Waals surface area contributed by atoms with Gasteiger partial charge in [-0.3, -0.25) is 14.4 Å². The second-order valence-electron chi connectivity index (χ2n) is 14.2. The first-order valence-electron chi connectivity index (χ1n) is 16.9. The van der Waals surface area contributed by atoms with Crippen molar-refractivity contribution in [2.75, 3.05) is 26.2 Å². The highest BCUT2D eigenvalue weighted by molar-refractivity contribution is 5.82. The first kappa shape index (κ1) is 34.5. The van der Waals surface area contributed by atoms with E-state index < -0.39 is 29.8 Å². The fraction of sp³-hybridized carbons (Fsp3) is 0.526. The van der Waals surface area contributed by atoms with Gasteiger partial charge in [0, 0.05) is 37.2 Å². The van der Waals surface area contributed by atoms with Gasteiger partial charge in [-0.05, 0) is 111 Å². The number of benzene rings is 2. The number of aryl methyl sites for hydroxylation is 4. The molecule has 5 rings (SSSR count). The lowest BCUT2D eigenvalue weighted by Crippen LogP contribution is -2.49. The fourth-order valence-electron chi connectivity index (χ4n) is 6.99. The van der Waals surface area contributed by atoms with Crippen molar-refractivity contribution >= 4 is 11.9 Å². The van der Waals surface area contributed by atoms with E-state index in [4.69, 9.17) is 9.84 Å². The molecule has 2 aliphatic rings. The van der Waals surface area contributed by atoms with Crippen molar-refractivity contribution in [2.45, 2.75) is 92.7 Å². The van der Waals surface area contributed by atoms with Crippen LogP contribution in [0.2, 0.25) is 0 Å². The topological polar surface area (TPSA) is 93.5 Å². The summed E-state index contributed by atoms with van der Waals surface area (Å²) in [5.41, 5.74) is 5.93. The van der Waals surface area contributed by atoms with Crippen molar-refractivity contribution in [1.29, 1.82) is 0 Å². The van der Waals surface area contributed by atoms with Crippen LogP contribution in [0.5, 0.6) is 0 Å². The molecule has 1 saturated carbocycles. The van der Waals surface area contributed by atoms with Crippen LogP contribution in [0.1, 0.15) is 92.0 Å². The third-order valence-corrected chi connectivity index (χ3v) is 9.64. The summed E-state index contributed by atoms with van der Waals surface area (Å²) in [7, 11) is 0. The maximum atomic E-state index is 16.0. The van der Waals surface area contributed by atoms with Crippen LogP contribution in [0.4, 0.5) is 4.39 Å². The summed E-state index contributed by atoms with van der Waals surface area (Å²) in [5.74, 6) is -1.50. The Hall–Kier alpha value is -3.85. The van der Waals surface area contributed by atoms with Crippen LogP contribution in [0.15, 0.2) is 41.2 Å². The van der Waals surface area contributed by atoms with Crippen molar-refractivity contribution in [3.63, 3.8) is 0 Å². The number of carbonyl (C=O) groups excluding carboxylic acids is 2. The zero-order valence-corrected chi connectivity index (χ0v) is 28.9. The molecule has 3 aromatic rings. The minimum atomic E-state index is -1.03. The molecule has 252 valence electrons. The van der Waals surface area contributed by atoms with E-state index in [9.17, 15) is 14.4 Å². The maximum Gasteiger partial charge on any atom is 0.308 e. The van der Waals surface area contributed by atoms with E-state index in [1.165, 1.54) is 17.5 Å². The molecule has 9 heteroatoms. The summed E-state index contributed by atoms with van der Waals surface area (Å²) in [6.45, 7) is 16.3. The van der Waals surface area contributed by atoms with Crippen LogP contribution in [-0.2, 0) is 20.7 Å². The molecule has 1 spiro atoms. The molecule has 2 atom stereocenters. The molecule has 1 amide bonds. The highest BCUT2D eigenvalue weighted by Crippen LogP contribution is 2.52. The number of amides is 1. The van der Waals surface area contributed by atoms with Crippen LogP contribution in [0.3, 0.4) is 0 Å². The molecule has 1 saturated heterocycles. The Morgan fingerprint density at radius 1 is 1.02 bits per heavy atom. The average molecular weight is 645 g/mol. The summed E-state index contributed by atoms with van der Waals surface area (Å²) < 4.78 is 22.6. The molecular weight excluding hydrogens is 595 g/mol. The van der Waals surface area contributed by atoms with Crippen molar-refractivity contribution in [3.8, 4) is 11.1 Å². The number of aromatic nitrogens is 2. The summed E-state index contributed by atoms with van der Waals surface area (Å²) in [5, 5.41) is 7.68. The minimum absolute atomic E-state index is 0.0501. The summed E-state index contributed by atoms with van der Waals surface area (Å²) in [4.78, 5) is 43.0. The molecule has 1 N–H and O–H groups in total. The monoisotopic (exact) mass is 644 g/mol. The van der Waals surface area contributed by atoms with Gasteiger partial charge in [0.05, 0.1) is 24.8 Å². The Bertz CT molecular complexity index is 1680. The Labute approximate surface area is 277 Å². The number of esters is 1. The molecule has 1 aliphatic heterocycles. The fourth-order valence-corrected chi connectivity index (χ4v) is 6.99. The number of hydrogen-bond donors (Lipinski definition) is 1. The van der Waals surface area contributed by atoms with Gasteiger partial charge in [0.25, 0.3) is 5.56 Å². The van der Waals surface area contributed by atoms with Gasteiger partial charge in [0.15, 0.2) is 0 Å². The highest BCUT2D eigenvalue weighted by atomic mass is 19.1. The molecule has 8 nitrogen and oxygen atoms in total. The maximum absolute atomic E-state index is 16.0. The molecule has 0 radical (unpaired) electrons. The number of nitrogens with one attached hydrogen (secondary N) is 1.